The summed E-state index contributed by atoms with van der Waals surface area (Å²) < 4.78 is 0. The van der Waals surface area contributed by atoms with E-state index in [-0.39, 0.29) is 5.41 Å². The quantitative estimate of drug-likeness (QED) is 0.737. The Bertz CT molecular complexity index is 411. The number of aliphatic hydroxyl groups is 1. The maximum absolute atomic E-state index is 11.0. The van der Waals surface area contributed by atoms with Gasteiger partial charge in [-0.25, -0.2) is 0 Å². The molecular weight excluding hydrogens is 228 g/mol. The number of carbonyl (C=O) groups is 1. The maximum atomic E-state index is 11.0. The molecule has 0 saturated heterocycles. The van der Waals surface area contributed by atoms with Gasteiger partial charge >= 0.3 is 0 Å². The first-order valence-electron chi connectivity index (χ1n) is 6.08. The second-order valence-electron chi connectivity index (χ2n) is 5.58. The van der Waals surface area contributed by atoms with Gasteiger partial charge in [0.1, 0.15) is 0 Å². The van der Waals surface area contributed by atoms with Crippen LogP contribution in [0.25, 0.3) is 0 Å². The van der Waals surface area contributed by atoms with Gasteiger partial charge in [0, 0.05) is 18.7 Å². The number of rotatable bonds is 5. The van der Waals surface area contributed by atoms with Crippen molar-refractivity contribution in [2.45, 2.75) is 33.4 Å². The van der Waals surface area contributed by atoms with Gasteiger partial charge in [0.05, 0.1) is 6.10 Å². The van der Waals surface area contributed by atoms with Crippen molar-refractivity contribution >= 4 is 5.91 Å². The first-order chi connectivity index (χ1) is 8.30. The molecule has 18 heavy (non-hydrogen) atoms. The van der Waals surface area contributed by atoms with Crippen LogP contribution in [-0.4, -0.2) is 23.7 Å². The molecule has 4 nitrogen and oxygen atoms in total. The van der Waals surface area contributed by atoms with Gasteiger partial charge in [-0.1, -0.05) is 32.9 Å². The fourth-order valence-corrected chi connectivity index (χ4v) is 1.49. The Morgan fingerprint density at radius 3 is 2.67 bits per heavy atom. The van der Waals surface area contributed by atoms with Gasteiger partial charge in [-0.2, -0.15) is 0 Å². The summed E-state index contributed by atoms with van der Waals surface area (Å²) in [5, 5.41) is 13.0. The average Bonchev–Trinajstić information content (AvgIpc) is 2.28. The number of hydrogen-bond donors (Lipinski definition) is 3. The molecular formula is C14H22N2O2. The molecule has 1 amide bonds. The third-order valence-electron chi connectivity index (χ3n) is 2.88. The van der Waals surface area contributed by atoms with Crippen molar-refractivity contribution < 1.29 is 9.90 Å². The Labute approximate surface area is 108 Å². The van der Waals surface area contributed by atoms with Crippen molar-refractivity contribution in [2.24, 2.45) is 11.1 Å². The molecule has 1 aromatic rings. The van der Waals surface area contributed by atoms with E-state index in [0.29, 0.717) is 18.7 Å². The molecule has 0 saturated carbocycles. The highest BCUT2D eigenvalue weighted by molar-refractivity contribution is 5.92. The molecule has 0 aliphatic heterocycles. The van der Waals surface area contributed by atoms with E-state index in [1.54, 1.807) is 18.2 Å². The summed E-state index contributed by atoms with van der Waals surface area (Å²) in [5.41, 5.74) is 6.56. The number of nitrogens with one attached hydrogen (secondary N) is 1. The number of carbonyl (C=O) groups excluding carboxylic acids is 1. The number of aliphatic hydroxyl groups excluding tert-OH is 1. The lowest BCUT2D eigenvalue weighted by molar-refractivity contribution is 0.0627. The van der Waals surface area contributed by atoms with Gasteiger partial charge in [-0.05, 0) is 23.1 Å². The summed E-state index contributed by atoms with van der Waals surface area (Å²) in [6, 6.07) is 7.18. The molecule has 4 N–H and O–H groups in total. The molecule has 1 rings (SSSR count). The zero-order valence-electron chi connectivity index (χ0n) is 11.2. The topological polar surface area (TPSA) is 75.3 Å². The van der Waals surface area contributed by atoms with Crippen molar-refractivity contribution in [3.63, 3.8) is 0 Å². The summed E-state index contributed by atoms with van der Waals surface area (Å²) in [4.78, 5) is 11.0. The van der Waals surface area contributed by atoms with E-state index in [1.165, 1.54) is 0 Å². The van der Waals surface area contributed by atoms with Gasteiger partial charge < -0.3 is 16.2 Å². The van der Waals surface area contributed by atoms with Crippen molar-refractivity contribution in [1.29, 1.82) is 0 Å². The van der Waals surface area contributed by atoms with Crippen molar-refractivity contribution in [2.75, 3.05) is 6.54 Å². The van der Waals surface area contributed by atoms with Crippen LogP contribution in [0.3, 0.4) is 0 Å². The van der Waals surface area contributed by atoms with E-state index in [4.69, 9.17) is 5.73 Å². The fraction of sp³-hybridized carbons (Fsp3) is 0.500. The van der Waals surface area contributed by atoms with Crippen LogP contribution in [0.5, 0.6) is 0 Å². The molecule has 0 aromatic heterocycles. The maximum Gasteiger partial charge on any atom is 0.248 e. The second-order valence-corrected chi connectivity index (χ2v) is 5.58. The number of nitrogens with two attached hydrogens (primary N) is 1. The lowest BCUT2D eigenvalue weighted by Crippen LogP contribution is -2.36. The minimum Gasteiger partial charge on any atom is -0.391 e. The van der Waals surface area contributed by atoms with Gasteiger partial charge in [0.2, 0.25) is 5.91 Å². The molecule has 0 heterocycles. The van der Waals surface area contributed by atoms with Crippen LogP contribution in [0.4, 0.5) is 0 Å². The van der Waals surface area contributed by atoms with Gasteiger partial charge in [0.25, 0.3) is 0 Å². The summed E-state index contributed by atoms with van der Waals surface area (Å²) in [7, 11) is 0. The van der Waals surface area contributed by atoms with E-state index in [9.17, 15) is 9.90 Å². The van der Waals surface area contributed by atoms with Crippen LogP contribution < -0.4 is 11.1 Å². The third kappa shape index (κ3) is 4.47. The fourth-order valence-electron chi connectivity index (χ4n) is 1.49. The van der Waals surface area contributed by atoms with E-state index in [0.717, 1.165) is 5.56 Å². The van der Waals surface area contributed by atoms with Crippen molar-refractivity contribution in [3.05, 3.63) is 35.4 Å². The number of primary amides is 1. The number of benzene rings is 1. The molecule has 100 valence electrons. The van der Waals surface area contributed by atoms with E-state index in [2.05, 4.69) is 5.32 Å². The first-order valence-corrected chi connectivity index (χ1v) is 6.08. The summed E-state index contributed by atoms with van der Waals surface area (Å²) >= 11 is 0. The Morgan fingerprint density at radius 2 is 2.11 bits per heavy atom. The zero-order chi connectivity index (χ0) is 13.8. The number of amides is 1. The van der Waals surface area contributed by atoms with Gasteiger partial charge in [-0.15, -0.1) is 0 Å². The predicted octanol–water partition coefficient (Wildman–Crippen LogP) is 1.28. The van der Waals surface area contributed by atoms with E-state index >= 15 is 0 Å². The first kappa shape index (κ1) is 14.7. The van der Waals surface area contributed by atoms with Crippen molar-refractivity contribution in [3.8, 4) is 0 Å². The molecule has 0 bridgehead atoms. The molecule has 0 aliphatic rings. The summed E-state index contributed by atoms with van der Waals surface area (Å²) in [5.74, 6) is -0.424. The van der Waals surface area contributed by atoms with E-state index < -0.39 is 12.0 Å². The van der Waals surface area contributed by atoms with Crippen LogP contribution >= 0.6 is 0 Å². The highest BCUT2D eigenvalue weighted by Gasteiger charge is 2.21. The largest absolute Gasteiger partial charge is 0.391 e. The monoisotopic (exact) mass is 250 g/mol. The predicted molar refractivity (Wildman–Crippen MR) is 72.1 cm³/mol. The van der Waals surface area contributed by atoms with E-state index in [1.807, 2.05) is 26.8 Å². The van der Waals surface area contributed by atoms with Crippen LogP contribution in [0.2, 0.25) is 0 Å². The van der Waals surface area contributed by atoms with Crippen LogP contribution in [0.1, 0.15) is 36.7 Å². The summed E-state index contributed by atoms with van der Waals surface area (Å²) in [6.07, 6.45) is -0.406. The van der Waals surface area contributed by atoms with Crippen LogP contribution in [0, 0.1) is 5.41 Å². The minimum atomic E-state index is -0.424. The smallest absolute Gasteiger partial charge is 0.248 e. The Morgan fingerprint density at radius 1 is 1.44 bits per heavy atom. The van der Waals surface area contributed by atoms with Crippen LogP contribution in [0.15, 0.2) is 24.3 Å². The molecule has 1 unspecified atom stereocenters. The summed E-state index contributed by atoms with van der Waals surface area (Å²) in [6.45, 7) is 7.10. The molecule has 0 spiro atoms. The molecule has 4 heteroatoms. The van der Waals surface area contributed by atoms with Gasteiger partial charge in [-0.3, -0.25) is 4.79 Å². The lowest BCUT2D eigenvalue weighted by atomic mass is 9.89. The molecule has 0 aliphatic carbocycles. The highest BCUT2D eigenvalue weighted by atomic mass is 16.3. The average molecular weight is 250 g/mol. The molecule has 0 fully saturated rings. The SMILES string of the molecule is CC(C)(C)C(O)CNCc1cccc(C(N)=O)c1. The van der Waals surface area contributed by atoms with Crippen LogP contribution in [-0.2, 0) is 6.54 Å². The lowest BCUT2D eigenvalue weighted by Gasteiger charge is -2.26. The Kier molecular flexibility index (Phi) is 4.87. The minimum absolute atomic E-state index is 0.137. The zero-order valence-corrected chi connectivity index (χ0v) is 11.2. The molecule has 0 radical (unpaired) electrons. The van der Waals surface area contributed by atoms with Gasteiger partial charge in [0.15, 0.2) is 0 Å². The van der Waals surface area contributed by atoms with Crippen molar-refractivity contribution in [1.82, 2.24) is 5.32 Å². The normalized spacial score (nSPS) is 13.3. The number of hydrogen-bond acceptors (Lipinski definition) is 3. The standard InChI is InChI=1S/C14H22N2O2/c1-14(2,3)12(17)9-16-8-10-5-4-6-11(7-10)13(15)18/h4-7,12,16-17H,8-9H2,1-3H3,(H2,15,18). The third-order valence-corrected chi connectivity index (χ3v) is 2.88. The second kappa shape index (κ2) is 5.98. The Balaban J connectivity index is 2.49. The molecule has 1 atom stereocenters. The highest BCUT2D eigenvalue weighted by Crippen LogP contribution is 2.18. The molecule has 1 aromatic carbocycles. The Hall–Kier alpha value is -1.39.